The van der Waals surface area contributed by atoms with Crippen LogP contribution in [0, 0.1) is 0 Å². The standard InChI is InChI=1S/C18H20N2O3/c1-3-13-12-20(15-9-5-7-11-17(15)23-13)18(21)19-14-8-4-6-10-16(14)22-2/h4-11,13H,3,12H2,1-2H3,(H,19,21)/t13-/m1/s1. The van der Waals surface area contributed by atoms with Gasteiger partial charge in [-0.3, -0.25) is 4.90 Å². The number of hydrogen-bond acceptors (Lipinski definition) is 3. The molecule has 0 aromatic heterocycles. The van der Waals surface area contributed by atoms with E-state index in [4.69, 9.17) is 9.47 Å². The molecule has 0 saturated heterocycles. The Morgan fingerprint density at radius 3 is 2.78 bits per heavy atom. The maximum absolute atomic E-state index is 12.8. The minimum Gasteiger partial charge on any atom is -0.495 e. The number of methoxy groups -OCH3 is 1. The van der Waals surface area contributed by atoms with Gasteiger partial charge in [0.2, 0.25) is 0 Å². The number of benzene rings is 2. The summed E-state index contributed by atoms with van der Waals surface area (Å²) >= 11 is 0. The van der Waals surface area contributed by atoms with Crippen LogP contribution in [0.3, 0.4) is 0 Å². The predicted octanol–water partition coefficient (Wildman–Crippen LogP) is 3.90. The molecule has 0 aliphatic carbocycles. The van der Waals surface area contributed by atoms with E-state index < -0.39 is 0 Å². The van der Waals surface area contributed by atoms with Crippen LogP contribution in [-0.2, 0) is 0 Å². The largest absolute Gasteiger partial charge is 0.495 e. The van der Waals surface area contributed by atoms with E-state index in [0.717, 1.165) is 17.9 Å². The topological polar surface area (TPSA) is 50.8 Å². The highest BCUT2D eigenvalue weighted by atomic mass is 16.5. The number of anilines is 2. The third-order valence-electron chi connectivity index (χ3n) is 3.88. The van der Waals surface area contributed by atoms with E-state index in [-0.39, 0.29) is 12.1 Å². The molecule has 1 aliphatic heterocycles. The Bertz CT molecular complexity index is 702. The Hall–Kier alpha value is -2.69. The van der Waals surface area contributed by atoms with E-state index in [9.17, 15) is 4.79 Å². The molecular formula is C18H20N2O3. The zero-order valence-corrected chi connectivity index (χ0v) is 13.3. The van der Waals surface area contributed by atoms with Crippen LogP contribution in [-0.4, -0.2) is 25.8 Å². The summed E-state index contributed by atoms with van der Waals surface area (Å²) in [6.07, 6.45) is 0.834. The van der Waals surface area contributed by atoms with E-state index in [1.807, 2.05) is 48.5 Å². The number of para-hydroxylation sites is 4. The van der Waals surface area contributed by atoms with Gasteiger partial charge in [0.05, 0.1) is 25.0 Å². The average molecular weight is 312 g/mol. The number of hydrogen-bond donors (Lipinski definition) is 1. The lowest BCUT2D eigenvalue weighted by molar-refractivity contribution is 0.188. The second-order valence-corrected chi connectivity index (χ2v) is 5.36. The van der Waals surface area contributed by atoms with Crippen LogP contribution in [0.2, 0.25) is 0 Å². The Kier molecular flexibility index (Phi) is 4.37. The molecule has 0 saturated carbocycles. The number of urea groups is 1. The van der Waals surface area contributed by atoms with Crippen LogP contribution in [0.25, 0.3) is 0 Å². The van der Waals surface area contributed by atoms with Gasteiger partial charge in [0.15, 0.2) is 0 Å². The van der Waals surface area contributed by atoms with Crippen LogP contribution in [0.4, 0.5) is 16.2 Å². The second kappa shape index (κ2) is 6.60. The molecular weight excluding hydrogens is 292 g/mol. The zero-order chi connectivity index (χ0) is 16.2. The first-order valence-corrected chi connectivity index (χ1v) is 7.70. The van der Waals surface area contributed by atoms with Crippen LogP contribution >= 0.6 is 0 Å². The number of nitrogens with zero attached hydrogens (tertiary/aromatic N) is 1. The molecule has 23 heavy (non-hydrogen) atoms. The molecule has 1 aliphatic rings. The van der Waals surface area contributed by atoms with Crippen LogP contribution < -0.4 is 19.7 Å². The molecule has 1 heterocycles. The van der Waals surface area contributed by atoms with E-state index in [2.05, 4.69) is 12.2 Å². The molecule has 1 N–H and O–H groups in total. The van der Waals surface area contributed by atoms with Crippen molar-refractivity contribution in [3.05, 3.63) is 48.5 Å². The van der Waals surface area contributed by atoms with Gasteiger partial charge in [0, 0.05) is 0 Å². The lowest BCUT2D eigenvalue weighted by atomic mass is 10.1. The molecule has 1 atom stereocenters. The Morgan fingerprint density at radius 2 is 2.00 bits per heavy atom. The number of fused-ring (bicyclic) bond motifs is 1. The Balaban J connectivity index is 1.87. The highest BCUT2D eigenvalue weighted by molar-refractivity contribution is 6.03. The molecule has 0 unspecified atom stereocenters. The molecule has 120 valence electrons. The van der Waals surface area contributed by atoms with E-state index in [0.29, 0.717) is 18.0 Å². The summed E-state index contributed by atoms with van der Waals surface area (Å²) in [5, 5.41) is 2.92. The highest BCUT2D eigenvalue weighted by Crippen LogP contribution is 2.34. The van der Waals surface area contributed by atoms with Crippen molar-refractivity contribution in [2.24, 2.45) is 0 Å². The van der Waals surface area contributed by atoms with Gasteiger partial charge < -0.3 is 14.8 Å². The van der Waals surface area contributed by atoms with Gasteiger partial charge in [0.1, 0.15) is 17.6 Å². The fourth-order valence-electron chi connectivity index (χ4n) is 2.63. The van der Waals surface area contributed by atoms with Crippen molar-refractivity contribution in [3.8, 4) is 11.5 Å². The monoisotopic (exact) mass is 312 g/mol. The molecule has 2 aromatic carbocycles. The Labute approximate surface area is 135 Å². The number of carbonyl (C=O) groups excluding carboxylic acids is 1. The number of ether oxygens (including phenoxy) is 2. The molecule has 0 bridgehead atoms. The van der Waals surface area contributed by atoms with Gasteiger partial charge in [-0.2, -0.15) is 0 Å². The van der Waals surface area contributed by atoms with Crippen LogP contribution in [0.5, 0.6) is 11.5 Å². The van der Waals surface area contributed by atoms with Crippen molar-refractivity contribution in [1.29, 1.82) is 0 Å². The second-order valence-electron chi connectivity index (χ2n) is 5.36. The summed E-state index contributed by atoms with van der Waals surface area (Å²) in [7, 11) is 1.59. The minimum absolute atomic E-state index is 0.00619. The smallest absolute Gasteiger partial charge is 0.326 e. The number of amides is 2. The third-order valence-corrected chi connectivity index (χ3v) is 3.88. The molecule has 0 radical (unpaired) electrons. The SMILES string of the molecule is CC[C@@H]1CN(C(=O)Nc2ccccc2OC)c2ccccc2O1. The number of carbonyl (C=O) groups is 1. The quantitative estimate of drug-likeness (QED) is 0.935. The van der Waals surface area contributed by atoms with Crippen LogP contribution in [0.1, 0.15) is 13.3 Å². The van der Waals surface area contributed by atoms with Crippen molar-refractivity contribution in [2.45, 2.75) is 19.4 Å². The summed E-state index contributed by atoms with van der Waals surface area (Å²) < 4.78 is 11.2. The van der Waals surface area contributed by atoms with Crippen LogP contribution in [0.15, 0.2) is 48.5 Å². The zero-order valence-electron chi connectivity index (χ0n) is 13.3. The van der Waals surface area contributed by atoms with Crippen molar-refractivity contribution in [1.82, 2.24) is 0 Å². The molecule has 2 aromatic rings. The van der Waals surface area contributed by atoms with Gasteiger partial charge in [-0.25, -0.2) is 4.79 Å². The first kappa shape index (κ1) is 15.2. The maximum Gasteiger partial charge on any atom is 0.326 e. The average Bonchev–Trinajstić information content (AvgIpc) is 2.61. The highest BCUT2D eigenvalue weighted by Gasteiger charge is 2.29. The number of rotatable bonds is 3. The van der Waals surface area contributed by atoms with Gasteiger partial charge >= 0.3 is 6.03 Å². The minimum atomic E-state index is -0.191. The molecule has 5 nitrogen and oxygen atoms in total. The lowest BCUT2D eigenvalue weighted by Gasteiger charge is -2.34. The van der Waals surface area contributed by atoms with E-state index in [1.165, 1.54) is 0 Å². The fourth-order valence-corrected chi connectivity index (χ4v) is 2.63. The first-order valence-electron chi connectivity index (χ1n) is 7.70. The molecule has 5 heteroatoms. The number of nitrogens with one attached hydrogen (secondary N) is 1. The third kappa shape index (κ3) is 3.08. The molecule has 3 rings (SSSR count). The molecule has 0 fully saturated rings. The summed E-state index contributed by atoms with van der Waals surface area (Å²) in [5.41, 5.74) is 1.43. The first-order chi connectivity index (χ1) is 11.2. The lowest BCUT2D eigenvalue weighted by Crippen LogP contribution is -2.45. The molecule has 0 spiro atoms. The molecule has 2 amide bonds. The predicted molar refractivity (Wildman–Crippen MR) is 90.5 cm³/mol. The summed E-state index contributed by atoms with van der Waals surface area (Å²) in [4.78, 5) is 14.5. The summed E-state index contributed by atoms with van der Waals surface area (Å²) in [6, 6.07) is 14.8. The van der Waals surface area contributed by atoms with E-state index in [1.54, 1.807) is 12.0 Å². The van der Waals surface area contributed by atoms with Crippen molar-refractivity contribution in [2.75, 3.05) is 23.9 Å². The Morgan fingerprint density at radius 1 is 1.26 bits per heavy atom. The fraction of sp³-hybridized carbons (Fsp3) is 0.278. The van der Waals surface area contributed by atoms with Gasteiger partial charge in [-0.05, 0) is 30.7 Å². The summed E-state index contributed by atoms with van der Waals surface area (Å²) in [5.74, 6) is 1.37. The van der Waals surface area contributed by atoms with Gasteiger partial charge in [-0.15, -0.1) is 0 Å². The maximum atomic E-state index is 12.8. The normalized spacial score (nSPS) is 16.3. The summed E-state index contributed by atoms with van der Waals surface area (Å²) in [6.45, 7) is 2.57. The van der Waals surface area contributed by atoms with Crippen molar-refractivity contribution >= 4 is 17.4 Å². The van der Waals surface area contributed by atoms with E-state index >= 15 is 0 Å². The van der Waals surface area contributed by atoms with Gasteiger partial charge in [0.25, 0.3) is 0 Å². The van der Waals surface area contributed by atoms with Crippen molar-refractivity contribution in [3.63, 3.8) is 0 Å². The van der Waals surface area contributed by atoms with Crippen molar-refractivity contribution < 1.29 is 14.3 Å². The van der Waals surface area contributed by atoms with Gasteiger partial charge in [-0.1, -0.05) is 31.2 Å².